The molecular formula is C24H32N4O2. The number of hydrogen-bond donors (Lipinski definition) is 1. The number of rotatable bonds is 6. The maximum Gasteiger partial charge on any atom is 0.247 e. The van der Waals surface area contributed by atoms with E-state index in [0.29, 0.717) is 25.0 Å². The molecule has 3 aliphatic heterocycles. The number of amides is 2. The second-order valence-corrected chi connectivity index (χ2v) is 8.50. The van der Waals surface area contributed by atoms with Crippen LogP contribution in [0.5, 0.6) is 0 Å². The molecule has 1 N–H and O–H groups in total. The monoisotopic (exact) mass is 408 g/mol. The molecule has 3 heterocycles. The second-order valence-electron chi connectivity index (χ2n) is 8.50. The zero-order valence-corrected chi connectivity index (χ0v) is 17.6. The first-order valence-electron chi connectivity index (χ1n) is 11.1. The predicted molar refractivity (Wildman–Crippen MR) is 121 cm³/mol. The van der Waals surface area contributed by atoms with Crippen LogP contribution in [0.15, 0.2) is 49.6 Å². The van der Waals surface area contributed by atoms with Crippen molar-refractivity contribution in [3.8, 4) is 0 Å². The third kappa shape index (κ3) is 4.15. The predicted octanol–water partition coefficient (Wildman–Crippen LogP) is 3.03. The highest BCUT2D eigenvalue weighted by Gasteiger charge is 2.34. The van der Waals surface area contributed by atoms with E-state index in [-0.39, 0.29) is 11.8 Å². The van der Waals surface area contributed by atoms with Crippen LogP contribution in [0.2, 0.25) is 0 Å². The number of benzene rings is 1. The van der Waals surface area contributed by atoms with Gasteiger partial charge in [-0.2, -0.15) is 0 Å². The van der Waals surface area contributed by atoms with Gasteiger partial charge in [-0.3, -0.25) is 14.5 Å². The Morgan fingerprint density at radius 1 is 1.00 bits per heavy atom. The highest BCUT2D eigenvalue weighted by Crippen LogP contribution is 2.29. The second kappa shape index (κ2) is 9.04. The zero-order chi connectivity index (χ0) is 21.1. The average Bonchev–Trinajstić information content (AvgIpc) is 3.53. The summed E-state index contributed by atoms with van der Waals surface area (Å²) in [7, 11) is 0. The molecule has 3 fully saturated rings. The maximum atomic E-state index is 12.7. The van der Waals surface area contributed by atoms with Crippen LogP contribution in [-0.4, -0.2) is 65.9 Å². The van der Waals surface area contributed by atoms with Crippen molar-refractivity contribution in [3.05, 3.63) is 49.6 Å². The molecule has 0 aromatic heterocycles. The molecule has 1 aromatic rings. The smallest absolute Gasteiger partial charge is 0.247 e. The molecule has 2 amide bonds. The van der Waals surface area contributed by atoms with Gasteiger partial charge in [0.25, 0.3) is 0 Å². The van der Waals surface area contributed by atoms with Crippen molar-refractivity contribution in [1.82, 2.24) is 9.80 Å². The van der Waals surface area contributed by atoms with Crippen molar-refractivity contribution >= 4 is 23.2 Å². The minimum Gasteiger partial charge on any atom is -0.370 e. The maximum absolute atomic E-state index is 12.7. The van der Waals surface area contributed by atoms with E-state index in [2.05, 4.69) is 46.5 Å². The minimum absolute atomic E-state index is 0.124. The Kier molecular flexibility index (Phi) is 6.23. The minimum atomic E-state index is -0.409. The number of hydrogen-bond acceptors (Lipinski definition) is 4. The molecule has 6 nitrogen and oxygen atoms in total. The van der Waals surface area contributed by atoms with Crippen molar-refractivity contribution in [1.29, 1.82) is 0 Å². The lowest BCUT2D eigenvalue weighted by Crippen LogP contribution is -2.42. The number of carbonyl (C=O) groups is 2. The summed E-state index contributed by atoms with van der Waals surface area (Å²) in [6.45, 7) is 11.4. The first-order valence-corrected chi connectivity index (χ1v) is 11.1. The Bertz CT molecular complexity index is 806. The van der Waals surface area contributed by atoms with E-state index < -0.39 is 6.04 Å². The summed E-state index contributed by atoms with van der Waals surface area (Å²) >= 11 is 0. The van der Waals surface area contributed by atoms with E-state index in [1.807, 2.05) is 12.1 Å². The first-order chi connectivity index (χ1) is 14.6. The van der Waals surface area contributed by atoms with Crippen LogP contribution in [0.3, 0.4) is 0 Å². The molecule has 0 aliphatic carbocycles. The molecule has 3 atom stereocenters. The van der Waals surface area contributed by atoms with Gasteiger partial charge >= 0.3 is 0 Å². The van der Waals surface area contributed by atoms with E-state index in [0.717, 1.165) is 25.2 Å². The van der Waals surface area contributed by atoms with Crippen molar-refractivity contribution in [2.24, 2.45) is 0 Å². The third-order valence-electron chi connectivity index (χ3n) is 6.76. The fraction of sp³-hybridized carbons (Fsp3) is 0.500. The summed E-state index contributed by atoms with van der Waals surface area (Å²) in [4.78, 5) is 31.3. The van der Waals surface area contributed by atoms with Gasteiger partial charge in [-0.25, -0.2) is 0 Å². The van der Waals surface area contributed by atoms with Crippen LogP contribution in [0.25, 0.3) is 0 Å². The molecule has 160 valence electrons. The quantitative estimate of drug-likeness (QED) is 0.581. The van der Waals surface area contributed by atoms with Crippen LogP contribution in [0.1, 0.15) is 32.1 Å². The largest absolute Gasteiger partial charge is 0.370 e. The fourth-order valence-corrected chi connectivity index (χ4v) is 5.17. The van der Waals surface area contributed by atoms with Crippen molar-refractivity contribution < 1.29 is 9.59 Å². The Labute approximate surface area is 179 Å². The number of anilines is 2. The van der Waals surface area contributed by atoms with Gasteiger partial charge in [0.05, 0.1) is 0 Å². The number of likely N-dealkylation sites (tertiary alicyclic amines) is 2. The van der Waals surface area contributed by atoms with Gasteiger partial charge in [0.1, 0.15) is 6.04 Å². The van der Waals surface area contributed by atoms with E-state index in [1.165, 1.54) is 37.6 Å². The van der Waals surface area contributed by atoms with Gasteiger partial charge in [0.15, 0.2) is 0 Å². The van der Waals surface area contributed by atoms with Gasteiger partial charge < -0.3 is 15.1 Å². The van der Waals surface area contributed by atoms with E-state index >= 15 is 0 Å². The van der Waals surface area contributed by atoms with Gasteiger partial charge in [-0.15, -0.1) is 6.58 Å². The van der Waals surface area contributed by atoms with Crippen LogP contribution >= 0.6 is 0 Å². The molecule has 4 rings (SSSR count). The first kappa shape index (κ1) is 20.7. The van der Waals surface area contributed by atoms with Crippen LogP contribution < -0.4 is 10.2 Å². The number of nitrogens with one attached hydrogen (secondary N) is 1. The van der Waals surface area contributed by atoms with Crippen LogP contribution in [0, 0.1) is 0 Å². The summed E-state index contributed by atoms with van der Waals surface area (Å²) in [5.74, 6) is -0.301. The molecule has 3 saturated heterocycles. The van der Waals surface area contributed by atoms with Gasteiger partial charge in [-0.1, -0.05) is 12.7 Å². The fourth-order valence-electron chi connectivity index (χ4n) is 5.17. The normalized spacial score (nSPS) is 26.7. The molecule has 0 saturated carbocycles. The topological polar surface area (TPSA) is 55.9 Å². The molecular weight excluding hydrogens is 376 g/mol. The lowest BCUT2D eigenvalue weighted by Gasteiger charge is -2.29. The molecule has 6 heteroatoms. The van der Waals surface area contributed by atoms with E-state index in [1.54, 1.807) is 4.90 Å². The highest BCUT2D eigenvalue weighted by atomic mass is 16.2. The van der Waals surface area contributed by atoms with Crippen LogP contribution in [-0.2, 0) is 9.59 Å². The lowest BCUT2D eigenvalue weighted by molar-refractivity contribution is -0.132. The Balaban J connectivity index is 1.34. The summed E-state index contributed by atoms with van der Waals surface area (Å²) in [5, 5.41) is 2.97. The summed E-state index contributed by atoms with van der Waals surface area (Å²) < 4.78 is 0. The average molecular weight is 409 g/mol. The molecule has 0 radical (unpaired) electrons. The van der Waals surface area contributed by atoms with Crippen LogP contribution in [0.4, 0.5) is 11.4 Å². The number of nitrogens with zero attached hydrogens (tertiary/aromatic N) is 3. The highest BCUT2D eigenvalue weighted by molar-refractivity contribution is 5.99. The number of carbonyl (C=O) groups excluding carboxylic acids is 2. The Hall–Kier alpha value is -2.60. The van der Waals surface area contributed by atoms with E-state index in [4.69, 9.17) is 0 Å². The van der Waals surface area contributed by atoms with Gasteiger partial charge in [0.2, 0.25) is 11.8 Å². The standard InChI is InChI=1S/C24H32N4O2/c1-3-19-7-5-14-27(19)21-13-16-26(17-21)20-11-9-18(10-12-20)25-24(30)22-8-6-15-28(22)23(29)4-2/h3-4,9-12,19,21-22H,1-2,5-8,13-17H2,(H,25,30). The molecule has 0 bridgehead atoms. The Morgan fingerprint density at radius 2 is 1.77 bits per heavy atom. The third-order valence-corrected chi connectivity index (χ3v) is 6.76. The molecule has 30 heavy (non-hydrogen) atoms. The molecule has 1 aromatic carbocycles. The SMILES string of the molecule is C=CC(=O)N1CCCC1C(=O)Nc1ccc(N2CCC(N3CCCC3C=C)C2)cc1. The Morgan fingerprint density at radius 3 is 2.50 bits per heavy atom. The molecule has 3 aliphatic rings. The molecule has 3 unspecified atom stereocenters. The van der Waals surface area contributed by atoms with Gasteiger partial charge in [-0.05, 0) is 69.0 Å². The summed E-state index contributed by atoms with van der Waals surface area (Å²) in [6, 6.07) is 8.77. The van der Waals surface area contributed by atoms with Gasteiger partial charge in [0, 0.05) is 43.1 Å². The summed E-state index contributed by atoms with van der Waals surface area (Å²) in [5.41, 5.74) is 1.96. The summed E-state index contributed by atoms with van der Waals surface area (Å²) in [6.07, 6.45) is 8.59. The molecule has 0 spiro atoms. The van der Waals surface area contributed by atoms with Crippen molar-refractivity contribution in [3.63, 3.8) is 0 Å². The van der Waals surface area contributed by atoms with E-state index in [9.17, 15) is 9.59 Å². The lowest BCUT2D eigenvalue weighted by atomic mass is 10.1. The van der Waals surface area contributed by atoms with Crippen molar-refractivity contribution in [2.45, 2.75) is 50.2 Å². The zero-order valence-electron chi connectivity index (χ0n) is 17.6. The van der Waals surface area contributed by atoms with Crippen molar-refractivity contribution in [2.75, 3.05) is 36.4 Å².